The number of rotatable bonds is 6. The maximum atomic E-state index is 5.28. The number of fused-ring (bicyclic) bond motifs is 2. The van der Waals surface area contributed by atoms with Crippen molar-refractivity contribution in [2.45, 2.75) is 0 Å². The molecule has 230 valence electrons. The highest BCUT2D eigenvalue weighted by molar-refractivity contribution is 6.19. The van der Waals surface area contributed by atoms with E-state index in [-0.39, 0.29) is 0 Å². The Hall–Kier alpha value is -7.21. The number of hydrogen-bond acceptors (Lipinski definition) is 11. The second kappa shape index (κ2) is 11.9. The summed E-state index contributed by atoms with van der Waals surface area (Å²) in [5.74, 6) is 0.865. The van der Waals surface area contributed by atoms with Gasteiger partial charge in [0.15, 0.2) is 11.6 Å². The number of hydrogen-bond donors (Lipinski definition) is 1. The summed E-state index contributed by atoms with van der Waals surface area (Å²) in [5, 5.41) is 18.5. The number of nitrogens with one attached hydrogen (secondary N) is 1. The van der Waals surface area contributed by atoms with Crippen molar-refractivity contribution in [1.82, 2.24) is 60.3 Å². The Morgan fingerprint density at radius 2 is 1.16 bits per heavy atom. The maximum absolute atomic E-state index is 5.28. The third-order valence-electron chi connectivity index (χ3n) is 8.05. The van der Waals surface area contributed by atoms with Crippen LogP contribution in [-0.4, -0.2) is 60.3 Å². The molecule has 12 nitrogen and oxygen atoms in total. The van der Waals surface area contributed by atoms with Crippen molar-refractivity contribution in [2.24, 2.45) is 0 Å². The molecule has 0 aliphatic rings. The van der Waals surface area contributed by atoms with Crippen molar-refractivity contribution in [3.05, 3.63) is 128 Å². The zero-order chi connectivity index (χ0) is 32.6. The SMILES string of the molecule is c1ccc(-c2c(-c3cccnn3)c(-c3ccc4ncccc4n3)c(-c3cccnn3)c3nc(-c4ccc[nH]4)nc(-c4ncccn4)c23)nc1. The smallest absolute Gasteiger partial charge is 0.178 e. The van der Waals surface area contributed by atoms with Crippen LogP contribution in [0, 0.1) is 0 Å². The molecule has 1 aromatic carbocycles. The largest absolute Gasteiger partial charge is 0.359 e. The van der Waals surface area contributed by atoms with Gasteiger partial charge in [-0.05, 0) is 78.9 Å². The number of H-pyrrole nitrogens is 1. The fraction of sp³-hybridized carbons (Fsp3) is 0. The van der Waals surface area contributed by atoms with Crippen molar-refractivity contribution in [1.29, 1.82) is 0 Å². The summed E-state index contributed by atoms with van der Waals surface area (Å²) in [7, 11) is 0. The minimum atomic E-state index is 0.415. The lowest BCUT2D eigenvalue weighted by Gasteiger charge is -2.22. The first kappa shape index (κ1) is 28.0. The Kier molecular flexibility index (Phi) is 6.79. The standard InChI is InChI=1S/C37H22N12/c1-2-15-39-24(8-1)29-31(26-10-5-20-43-48-26)30(25-14-13-22-23(45-25)9-3-16-38-22)32(27-11-6-21-44-49-27)34-33(29)35(37-41-18-7-19-42-37)47-36(46-34)28-12-4-17-40-28/h1-21,40H. The first-order valence-corrected chi connectivity index (χ1v) is 15.4. The van der Waals surface area contributed by atoms with Gasteiger partial charge < -0.3 is 4.98 Å². The lowest BCUT2D eigenvalue weighted by atomic mass is 9.84. The Morgan fingerprint density at radius 3 is 1.90 bits per heavy atom. The molecule has 0 fully saturated rings. The molecule has 0 amide bonds. The fourth-order valence-corrected chi connectivity index (χ4v) is 6.04. The quantitative estimate of drug-likeness (QED) is 0.208. The first-order chi connectivity index (χ1) is 24.3. The summed E-state index contributed by atoms with van der Waals surface area (Å²) in [4.78, 5) is 37.6. The Morgan fingerprint density at radius 1 is 0.429 bits per heavy atom. The van der Waals surface area contributed by atoms with E-state index in [1.807, 2.05) is 85.1 Å². The Balaban J connectivity index is 1.58. The van der Waals surface area contributed by atoms with Gasteiger partial charge in [0.25, 0.3) is 0 Å². The van der Waals surface area contributed by atoms with E-state index in [0.717, 1.165) is 22.3 Å². The van der Waals surface area contributed by atoms with Gasteiger partial charge in [-0.25, -0.2) is 24.9 Å². The van der Waals surface area contributed by atoms with Crippen LogP contribution in [0.4, 0.5) is 0 Å². The van der Waals surface area contributed by atoms with Crippen LogP contribution in [0.5, 0.6) is 0 Å². The molecule has 0 unspecified atom stereocenters. The summed E-state index contributed by atoms with van der Waals surface area (Å²) in [6.07, 6.45) is 12.0. The third kappa shape index (κ3) is 4.91. The highest BCUT2D eigenvalue weighted by Gasteiger charge is 2.31. The highest BCUT2D eigenvalue weighted by atomic mass is 15.1. The van der Waals surface area contributed by atoms with Crippen LogP contribution in [0.3, 0.4) is 0 Å². The van der Waals surface area contributed by atoms with Crippen LogP contribution >= 0.6 is 0 Å². The molecule has 0 saturated carbocycles. The van der Waals surface area contributed by atoms with Crippen molar-refractivity contribution >= 4 is 21.9 Å². The predicted octanol–water partition coefficient (Wildman–Crippen LogP) is 6.67. The van der Waals surface area contributed by atoms with Crippen molar-refractivity contribution < 1.29 is 0 Å². The zero-order valence-corrected chi connectivity index (χ0v) is 25.5. The zero-order valence-electron chi connectivity index (χ0n) is 25.5. The van der Waals surface area contributed by atoms with Crippen LogP contribution in [0.25, 0.3) is 90.0 Å². The lowest BCUT2D eigenvalue weighted by Crippen LogP contribution is -2.06. The molecule has 0 saturated heterocycles. The molecule has 1 N–H and O–H groups in total. The molecule has 12 heteroatoms. The van der Waals surface area contributed by atoms with Crippen LogP contribution in [-0.2, 0) is 0 Å². The van der Waals surface area contributed by atoms with E-state index < -0.39 is 0 Å². The number of nitrogens with zero attached hydrogens (tertiary/aromatic N) is 11. The molecule has 0 radical (unpaired) electrons. The molecule has 0 aliphatic carbocycles. The van der Waals surface area contributed by atoms with Gasteiger partial charge in [0.05, 0.1) is 45.0 Å². The van der Waals surface area contributed by atoms with E-state index in [2.05, 4.69) is 40.3 Å². The van der Waals surface area contributed by atoms with Crippen molar-refractivity contribution in [3.8, 4) is 68.1 Å². The van der Waals surface area contributed by atoms with Crippen LogP contribution in [0.2, 0.25) is 0 Å². The minimum Gasteiger partial charge on any atom is -0.359 e. The monoisotopic (exact) mass is 634 g/mol. The number of aromatic amines is 1. The molecule has 0 spiro atoms. The molecule has 0 atom stereocenters. The van der Waals surface area contributed by atoms with Gasteiger partial charge in [-0.15, -0.1) is 0 Å². The maximum Gasteiger partial charge on any atom is 0.178 e. The number of aromatic nitrogens is 12. The van der Waals surface area contributed by atoms with E-state index >= 15 is 0 Å². The number of benzene rings is 1. The second-order valence-electron chi connectivity index (χ2n) is 10.9. The minimum absolute atomic E-state index is 0.415. The van der Waals surface area contributed by atoms with Gasteiger partial charge in [0.2, 0.25) is 0 Å². The predicted molar refractivity (Wildman–Crippen MR) is 184 cm³/mol. The Bertz CT molecular complexity index is 2580. The topological polar surface area (TPSA) is 158 Å². The van der Waals surface area contributed by atoms with Gasteiger partial charge in [0, 0.05) is 71.0 Å². The average Bonchev–Trinajstić information content (AvgIpc) is 3.73. The van der Waals surface area contributed by atoms with Gasteiger partial charge in [-0.3, -0.25) is 9.97 Å². The molecule has 0 bridgehead atoms. The summed E-state index contributed by atoms with van der Waals surface area (Å²) < 4.78 is 0. The van der Waals surface area contributed by atoms with E-state index in [4.69, 9.17) is 19.9 Å². The van der Waals surface area contributed by atoms with E-state index in [0.29, 0.717) is 67.7 Å². The molecular weight excluding hydrogens is 612 g/mol. The van der Waals surface area contributed by atoms with Crippen LogP contribution in [0.15, 0.2) is 128 Å². The first-order valence-electron chi connectivity index (χ1n) is 15.4. The normalized spacial score (nSPS) is 11.3. The van der Waals surface area contributed by atoms with Crippen LogP contribution in [0.1, 0.15) is 0 Å². The molecular formula is C37H22N12. The van der Waals surface area contributed by atoms with E-state index in [1.54, 1.807) is 43.2 Å². The summed E-state index contributed by atoms with van der Waals surface area (Å²) in [6.45, 7) is 0. The summed E-state index contributed by atoms with van der Waals surface area (Å²) in [6, 6.07) is 26.6. The van der Waals surface area contributed by atoms with Crippen LogP contribution < -0.4 is 0 Å². The van der Waals surface area contributed by atoms with Crippen molar-refractivity contribution in [3.63, 3.8) is 0 Å². The molecule has 49 heavy (non-hydrogen) atoms. The number of pyridine rings is 3. The molecule has 8 aromatic heterocycles. The van der Waals surface area contributed by atoms with Crippen molar-refractivity contribution in [2.75, 3.05) is 0 Å². The van der Waals surface area contributed by atoms with E-state index in [1.165, 1.54) is 0 Å². The molecule has 8 heterocycles. The highest BCUT2D eigenvalue weighted by Crippen LogP contribution is 2.50. The van der Waals surface area contributed by atoms with Gasteiger partial charge in [-0.2, -0.15) is 20.4 Å². The molecule has 0 aliphatic heterocycles. The van der Waals surface area contributed by atoms with Gasteiger partial charge in [0.1, 0.15) is 5.69 Å². The van der Waals surface area contributed by atoms with E-state index in [9.17, 15) is 0 Å². The molecule has 9 aromatic rings. The van der Waals surface area contributed by atoms with Gasteiger partial charge >= 0.3 is 0 Å². The second-order valence-corrected chi connectivity index (χ2v) is 10.9. The average molecular weight is 635 g/mol. The third-order valence-corrected chi connectivity index (χ3v) is 8.05. The molecule has 9 rings (SSSR count). The summed E-state index contributed by atoms with van der Waals surface area (Å²) in [5.41, 5.74) is 8.59. The summed E-state index contributed by atoms with van der Waals surface area (Å²) >= 11 is 0. The lowest BCUT2D eigenvalue weighted by molar-refractivity contribution is 1.03. The Labute approximate surface area is 278 Å². The fourth-order valence-electron chi connectivity index (χ4n) is 6.04. The van der Waals surface area contributed by atoms with Gasteiger partial charge in [-0.1, -0.05) is 6.07 Å².